The zero-order valence-electron chi connectivity index (χ0n) is 10.2. The van der Waals surface area contributed by atoms with E-state index in [1.54, 1.807) is 0 Å². The summed E-state index contributed by atoms with van der Waals surface area (Å²) < 4.78 is 0. The summed E-state index contributed by atoms with van der Waals surface area (Å²) in [6.45, 7) is 14.5. The lowest BCUT2D eigenvalue weighted by Crippen LogP contribution is -2.60. The van der Waals surface area contributed by atoms with E-state index < -0.39 is 0 Å². The molecule has 0 aliphatic carbocycles. The minimum Gasteiger partial charge on any atom is -0.309 e. The van der Waals surface area contributed by atoms with E-state index >= 15 is 0 Å². The van der Waals surface area contributed by atoms with Crippen molar-refractivity contribution in [2.24, 2.45) is 0 Å². The first-order valence-electron chi connectivity index (χ1n) is 5.53. The Balaban J connectivity index is 2.53. The zero-order chi connectivity index (χ0) is 10.8. The summed E-state index contributed by atoms with van der Waals surface area (Å²) >= 11 is 0. The quantitative estimate of drug-likeness (QED) is 0.680. The van der Waals surface area contributed by atoms with Crippen molar-refractivity contribution in [3.63, 3.8) is 0 Å². The Bertz CT molecular complexity index is 214. The molecule has 2 nitrogen and oxygen atoms in total. The van der Waals surface area contributed by atoms with E-state index in [-0.39, 0.29) is 5.54 Å². The van der Waals surface area contributed by atoms with Gasteiger partial charge in [0, 0.05) is 31.2 Å². The van der Waals surface area contributed by atoms with Crippen LogP contribution < -0.4 is 5.32 Å². The maximum atomic E-state index is 3.56. The van der Waals surface area contributed by atoms with Crippen LogP contribution in [0.25, 0.3) is 0 Å². The van der Waals surface area contributed by atoms with Gasteiger partial charge in [-0.15, -0.1) is 0 Å². The van der Waals surface area contributed by atoms with Crippen molar-refractivity contribution < 1.29 is 0 Å². The van der Waals surface area contributed by atoms with Gasteiger partial charge >= 0.3 is 0 Å². The molecule has 1 rings (SSSR count). The van der Waals surface area contributed by atoms with Gasteiger partial charge in [-0.25, -0.2) is 0 Å². The van der Waals surface area contributed by atoms with Gasteiger partial charge in [-0.3, -0.25) is 4.90 Å². The fraction of sp³-hybridized carbons (Fsp3) is 0.833. The largest absolute Gasteiger partial charge is 0.309 e. The first-order valence-corrected chi connectivity index (χ1v) is 5.53. The molecule has 0 amide bonds. The van der Waals surface area contributed by atoms with Crippen LogP contribution in [0.4, 0.5) is 0 Å². The molecule has 0 radical (unpaired) electrons. The fourth-order valence-corrected chi connectivity index (χ4v) is 1.82. The number of hydrogen-bond donors (Lipinski definition) is 1. The predicted molar refractivity (Wildman–Crippen MR) is 62.5 cm³/mol. The van der Waals surface area contributed by atoms with Crippen LogP contribution in [-0.2, 0) is 0 Å². The fourth-order valence-electron chi connectivity index (χ4n) is 1.82. The van der Waals surface area contributed by atoms with E-state index in [1.165, 1.54) is 5.57 Å². The average Bonchev–Trinajstić information content (AvgIpc) is 2.06. The van der Waals surface area contributed by atoms with Crippen LogP contribution in [0.5, 0.6) is 0 Å². The highest BCUT2D eigenvalue weighted by molar-refractivity contribution is 4.98. The molecule has 1 atom stereocenters. The van der Waals surface area contributed by atoms with Gasteiger partial charge in [-0.05, 0) is 34.6 Å². The van der Waals surface area contributed by atoms with Crippen molar-refractivity contribution >= 4 is 0 Å². The monoisotopic (exact) mass is 196 g/mol. The number of rotatable bonds is 2. The van der Waals surface area contributed by atoms with Crippen LogP contribution in [0.3, 0.4) is 0 Å². The summed E-state index contributed by atoms with van der Waals surface area (Å²) in [5, 5.41) is 3.56. The topological polar surface area (TPSA) is 15.3 Å². The Hall–Kier alpha value is -0.340. The van der Waals surface area contributed by atoms with E-state index in [4.69, 9.17) is 0 Å². The van der Waals surface area contributed by atoms with Gasteiger partial charge in [0.1, 0.15) is 0 Å². The average molecular weight is 196 g/mol. The van der Waals surface area contributed by atoms with Gasteiger partial charge < -0.3 is 5.32 Å². The molecule has 0 aromatic carbocycles. The van der Waals surface area contributed by atoms with Gasteiger partial charge in [0.15, 0.2) is 0 Å². The maximum Gasteiger partial charge on any atom is 0.0253 e. The highest BCUT2D eigenvalue weighted by Crippen LogP contribution is 2.14. The summed E-state index contributed by atoms with van der Waals surface area (Å²) in [6.07, 6.45) is 2.32. The Kier molecular flexibility index (Phi) is 3.73. The summed E-state index contributed by atoms with van der Waals surface area (Å²) in [7, 11) is 0. The van der Waals surface area contributed by atoms with Crippen LogP contribution in [0.1, 0.15) is 34.6 Å². The number of hydrogen-bond acceptors (Lipinski definition) is 2. The van der Waals surface area contributed by atoms with Crippen LogP contribution >= 0.6 is 0 Å². The molecule has 0 saturated carbocycles. The van der Waals surface area contributed by atoms with Gasteiger partial charge in [-0.1, -0.05) is 11.6 Å². The second-order valence-corrected chi connectivity index (χ2v) is 5.32. The minimum absolute atomic E-state index is 0.266. The molecule has 1 saturated heterocycles. The molecule has 1 aliphatic rings. The second kappa shape index (κ2) is 4.45. The lowest BCUT2D eigenvalue weighted by Gasteiger charge is -2.43. The predicted octanol–water partition coefficient (Wildman–Crippen LogP) is 2.02. The smallest absolute Gasteiger partial charge is 0.0253 e. The molecule has 0 aromatic rings. The van der Waals surface area contributed by atoms with Crippen LogP contribution in [0.2, 0.25) is 0 Å². The van der Waals surface area contributed by atoms with E-state index in [0.717, 1.165) is 19.6 Å². The van der Waals surface area contributed by atoms with Crippen molar-refractivity contribution in [1.29, 1.82) is 0 Å². The normalized spacial score (nSPS) is 27.4. The first kappa shape index (κ1) is 11.7. The molecular formula is C12H24N2. The third kappa shape index (κ3) is 3.43. The second-order valence-electron chi connectivity index (χ2n) is 5.32. The van der Waals surface area contributed by atoms with Gasteiger partial charge in [0.2, 0.25) is 0 Å². The van der Waals surface area contributed by atoms with Crippen LogP contribution in [-0.4, -0.2) is 36.1 Å². The van der Waals surface area contributed by atoms with Gasteiger partial charge in [0.05, 0.1) is 0 Å². The molecule has 14 heavy (non-hydrogen) atoms. The molecule has 0 spiro atoms. The third-order valence-corrected chi connectivity index (χ3v) is 2.83. The molecular weight excluding hydrogens is 172 g/mol. The SMILES string of the molecule is CC(C)=CCN1CC(C)(C)NCC1C. The Morgan fingerprint density at radius 1 is 1.50 bits per heavy atom. The standard InChI is InChI=1S/C12H24N2/c1-10(2)6-7-14-9-12(4,5)13-8-11(14)3/h6,11,13H,7-9H2,1-5H3. The molecule has 1 fully saturated rings. The lowest BCUT2D eigenvalue weighted by atomic mass is 9.99. The number of allylic oxidation sites excluding steroid dienone is 1. The lowest BCUT2D eigenvalue weighted by molar-refractivity contribution is 0.117. The number of piperazine rings is 1. The summed E-state index contributed by atoms with van der Waals surface area (Å²) in [5.41, 5.74) is 1.68. The first-order chi connectivity index (χ1) is 6.41. The number of nitrogens with zero attached hydrogens (tertiary/aromatic N) is 1. The molecule has 1 unspecified atom stereocenters. The third-order valence-electron chi connectivity index (χ3n) is 2.83. The minimum atomic E-state index is 0.266. The van der Waals surface area contributed by atoms with Crippen molar-refractivity contribution in [2.75, 3.05) is 19.6 Å². The van der Waals surface area contributed by atoms with E-state index in [9.17, 15) is 0 Å². The van der Waals surface area contributed by atoms with Crippen molar-refractivity contribution in [1.82, 2.24) is 10.2 Å². The van der Waals surface area contributed by atoms with Crippen LogP contribution in [0, 0.1) is 0 Å². The van der Waals surface area contributed by atoms with Crippen LogP contribution in [0.15, 0.2) is 11.6 Å². The molecule has 82 valence electrons. The summed E-state index contributed by atoms with van der Waals surface area (Å²) in [6, 6.07) is 0.652. The highest BCUT2D eigenvalue weighted by Gasteiger charge is 2.29. The maximum absolute atomic E-state index is 3.56. The zero-order valence-corrected chi connectivity index (χ0v) is 10.2. The molecule has 1 heterocycles. The van der Waals surface area contributed by atoms with E-state index in [1.807, 2.05) is 0 Å². The summed E-state index contributed by atoms with van der Waals surface area (Å²) in [5.74, 6) is 0. The Morgan fingerprint density at radius 3 is 2.71 bits per heavy atom. The van der Waals surface area contributed by atoms with E-state index in [0.29, 0.717) is 6.04 Å². The Labute approximate surface area is 88.4 Å². The van der Waals surface area contributed by atoms with Crippen molar-refractivity contribution in [2.45, 2.75) is 46.2 Å². The molecule has 1 N–H and O–H groups in total. The molecule has 0 aromatic heterocycles. The molecule has 1 aliphatic heterocycles. The highest BCUT2D eigenvalue weighted by atomic mass is 15.2. The number of nitrogens with one attached hydrogen (secondary N) is 1. The van der Waals surface area contributed by atoms with Gasteiger partial charge in [-0.2, -0.15) is 0 Å². The van der Waals surface area contributed by atoms with Gasteiger partial charge in [0.25, 0.3) is 0 Å². The summed E-state index contributed by atoms with van der Waals surface area (Å²) in [4.78, 5) is 2.55. The molecule has 2 heteroatoms. The molecule has 0 bridgehead atoms. The van der Waals surface area contributed by atoms with E-state index in [2.05, 4.69) is 50.9 Å². The Morgan fingerprint density at radius 2 is 2.14 bits per heavy atom. The van der Waals surface area contributed by atoms with Crippen molar-refractivity contribution in [3.05, 3.63) is 11.6 Å². The van der Waals surface area contributed by atoms with Crippen molar-refractivity contribution in [3.8, 4) is 0 Å².